The molecule has 3 aromatic rings. The molecule has 0 fully saturated rings. The van der Waals surface area contributed by atoms with E-state index in [1.807, 2.05) is 0 Å². The van der Waals surface area contributed by atoms with E-state index in [1.54, 1.807) is 6.07 Å². The van der Waals surface area contributed by atoms with Crippen LogP contribution in [0.2, 0.25) is 0 Å². The van der Waals surface area contributed by atoms with Gasteiger partial charge in [0, 0.05) is 43.0 Å². The lowest BCUT2D eigenvalue weighted by atomic mass is 10.0. The largest absolute Gasteiger partial charge is 0.360 e. The van der Waals surface area contributed by atoms with Crippen LogP contribution < -0.4 is 0 Å². The molecule has 1 aliphatic heterocycles. The van der Waals surface area contributed by atoms with E-state index in [-0.39, 0.29) is 18.0 Å². The maximum atomic E-state index is 13.5. The molecule has 0 bridgehead atoms. The van der Waals surface area contributed by atoms with Gasteiger partial charge >= 0.3 is 0 Å². The van der Waals surface area contributed by atoms with E-state index < -0.39 is 21.7 Å². The van der Waals surface area contributed by atoms with Gasteiger partial charge in [0.15, 0.2) is 11.6 Å². The lowest BCUT2D eigenvalue weighted by Gasteiger charge is -2.25. The standard InChI is InChI=1S/C17H13F2N3O3S/c18-14-4-3-11(8-15(14)19)17-13-10-22(7-5-16(13)25-21-17)26(23,24)12-2-1-6-20-9-12/h1-4,6,8-9H,5,7,10H2. The molecule has 0 aliphatic carbocycles. The third-order valence-electron chi connectivity index (χ3n) is 4.26. The number of nitrogens with zero attached hydrogens (tertiary/aromatic N) is 3. The predicted octanol–water partition coefficient (Wildman–Crippen LogP) is 2.76. The molecule has 0 atom stereocenters. The Kier molecular flexibility index (Phi) is 4.04. The molecule has 0 spiro atoms. The molecule has 6 nitrogen and oxygen atoms in total. The highest BCUT2D eigenvalue weighted by molar-refractivity contribution is 7.89. The molecule has 0 N–H and O–H groups in total. The SMILES string of the molecule is O=S(=O)(c1cccnc1)N1CCc2onc(-c3ccc(F)c(F)c3)c2C1. The first-order chi connectivity index (χ1) is 12.5. The fourth-order valence-electron chi connectivity index (χ4n) is 2.91. The molecule has 3 heterocycles. The molecule has 26 heavy (non-hydrogen) atoms. The molecule has 1 aliphatic rings. The van der Waals surface area contributed by atoms with Crippen LogP contribution in [0, 0.1) is 11.6 Å². The number of hydrogen-bond acceptors (Lipinski definition) is 5. The third-order valence-corrected chi connectivity index (χ3v) is 6.09. The zero-order valence-corrected chi connectivity index (χ0v) is 14.2. The molecule has 9 heteroatoms. The quantitative estimate of drug-likeness (QED) is 0.702. The monoisotopic (exact) mass is 377 g/mol. The van der Waals surface area contributed by atoms with Crippen LogP contribution in [0.4, 0.5) is 8.78 Å². The van der Waals surface area contributed by atoms with Gasteiger partial charge in [0.05, 0.1) is 0 Å². The van der Waals surface area contributed by atoms with Crippen LogP contribution in [0.5, 0.6) is 0 Å². The molecule has 0 amide bonds. The fraction of sp³-hybridized carbons (Fsp3) is 0.176. The smallest absolute Gasteiger partial charge is 0.244 e. The van der Waals surface area contributed by atoms with Crippen LogP contribution in [0.15, 0.2) is 52.1 Å². The number of sulfonamides is 1. The Labute approximate surface area is 148 Å². The van der Waals surface area contributed by atoms with Crippen molar-refractivity contribution in [2.75, 3.05) is 6.54 Å². The number of benzene rings is 1. The van der Waals surface area contributed by atoms with Crippen molar-refractivity contribution in [3.8, 4) is 11.3 Å². The number of rotatable bonds is 3. The van der Waals surface area contributed by atoms with E-state index in [0.29, 0.717) is 29.0 Å². The van der Waals surface area contributed by atoms with E-state index in [1.165, 1.54) is 28.8 Å². The molecule has 0 saturated heterocycles. The second-order valence-electron chi connectivity index (χ2n) is 5.84. The third kappa shape index (κ3) is 2.78. The first-order valence-electron chi connectivity index (χ1n) is 7.80. The molecule has 2 aromatic heterocycles. The number of pyridine rings is 1. The summed E-state index contributed by atoms with van der Waals surface area (Å²) in [5, 5.41) is 3.93. The maximum absolute atomic E-state index is 13.5. The van der Waals surface area contributed by atoms with E-state index >= 15 is 0 Å². The van der Waals surface area contributed by atoms with Crippen molar-refractivity contribution in [2.45, 2.75) is 17.9 Å². The average molecular weight is 377 g/mol. The number of fused-ring (bicyclic) bond motifs is 1. The van der Waals surface area contributed by atoms with Crippen LogP contribution >= 0.6 is 0 Å². The summed E-state index contributed by atoms with van der Waals surface area (Å²) in [5.74, 6) is -1.43. The minimum atomic E-state index is -3.73. The normalized spacial score (nSPS) is 15.0. The topological polar surface area (TPSA) is 76.3 Å². The Morgan fingerprint density at radius 2 is 2.00 bits per heavy atom. The van der Waals surface area contributed by atoms with Crippen LogP contribution in [-0.2, 0) is 23.0 Å². The van der Waals surface area contributed by atoms with Crippen molar-refractivity contribution in [1.82, 2.24) is 14.4 Å². The van der Waals surface area contributed by atoms with E-state index in [2.05, 4.69) is 10.1 Å². The van der Waals surface area contributed by atoms with Gasteiger partial charge in [-0.2, -0.15) is 4.31 Å². The summed E-state index contributed by atoms with van der Waals surface area (Å²) in [7, 11) is -3.73. The molecule has 0 radical (unpaired) electrons. The van der Waals surface area contributed by atoms with Crippen LogP contribution in [0.1, 0.15) is 11.3 Å². The first kappa shape index (κ1) is 16.8. The molecular formula is C17H13F2N3O3S. The van der Waals surface area contributed by atoms with Crippen molar-refractivity contribution in [3.63, 3.8) is 0 Å². The summed E-state index contributed by atoms with van der Waals surface area (Å²) >= 11 is 0. The minimum absolute atomic E-state index is 0.0321. The lowest BCUT2D eigenvalue weighted by molar-refractivity contribution is 0.331. The fourth-order valence-corrected chi connectivity index (χ4v) is 4.28. The number of hydrogen-bond donors (Lipinski definition) is 0. The highest BCUT2D eigenvalue weighted by atomic mass is 32.2. The number of aromatic nitrogens is 2. The maximum Gasteiger partial charge on any atom is 0.244 e. The van der Waals surface area contributed by atoms with Crippen molar-refractivity contribution >= 4 is 10.0 Å². The van der Waals surface area contributed by atoms with E-state index in [4.69, 9.17) is 4.52 Å². The van der Waals surface area contributed by atoms with Gasteiger partial charge in [0.1, 0.15) is 16.3 Å². The molecule has 1 aromatic carbocycles. The highest BCUT2D eigenvalue weighted by Crippen LogP contribution is 2.32. The van der Waals surface area contributed by atoms with E-state index in [9.17, 15) is 17.2 Å². The van der Waals surface area contributed by atoms with Gasteiger partial charge in [-0.05, 0) is 30.3 Å². The van der Waals surface area contributed by atoms with Crippen molar-refractivity contribution < 1.29 is 21.7 Å². The van der Waals surface area contributed by atoms with Gasteiger partial charge in [-0.3, -0.25) is 4.98 Å². The van der Waals surface area contributed by atoms with Gasteiger partial charge < -0.3 is 4.52 Å². The van der Waals surface area contributed by atoms with Crippen molar-refractivity contribution in [3.05, 3.63) is 65.7 Å². The Balaban J connectivity index is 1.71. The summed E-state index contributed by atoms with van der Waals surface area (Å²) in [5.41, 5.74) is 1.19. The second kappa shape index (κ2) is 6.26. The molecule has 4 rings (SSSR count). The van der Waals surface area contributed by atoms with Gasteiger partial charge in [-0.25, -0.2) is 17.2 Å². The van der Waals surface area contributed by atoms with Gasteiger partial charge in [-0.1, -0.05) is 5.16 Å². The molecular weight excluding hydrogens is 364 g/mol. The number of halogens is 2. The van der Waals surface area contributed by atoms with Gasteiger partial charge in [0.25, 0.3) is 0 Å². The molecule has 0 unspecified atom stereocenters. The van der Waals surface area contributed by atoms with Crippen molar-refractivity contribution in [1.29, 1.82) is 0 Å². The summed E-state index contributed by atoms with van der Waals surface area (Å²) in [6.07, 6.45) is 3.12. The highest BCUT2D eigenvalue weighted by Gasteiger charge is 2.32. The summed E-state index contributed by atoms with van der Waals surface area (Å²) < 4.78 is 58.9. The van der Waals surface area contributed by atoms with E-state index in [0.717, 1.165) is 12.1 Å². The predicted molar refractivity (Wildman–Crippen MR) is 87.4 cm³/mol. The Hall–Kier alpha value is -2.65. The lowest BCUT2D eigenvalue weighted by Crippen LogP contribution is -2.35. The Morgan fingerprint density at radius 1 is 1.15 bits per heavy atom. The Bertz CT molecular complexity index is 1070. The minimum Gasteiger partial charge on any atom is -0.360 e. The zero-order chi connectivity index (χ0) is 18.3. The van der Waals surface area contributed by atoms with Gasteiger partial charge in [-0.15, -0.1) is 0 Å². The van der Waals surface area contributed by atoms with Crippen LogP contribution in [0.25, 0.3) is 11.3 Å². The van der Waals surface area contributed by atoms with Crippen molar-refractivity contribution in [2.24, 2.45) is 0 Å². The van der Waals surface area contributed by atoms with Gasteiger partial charge in [0.2, 0.25) is 10.0 Å². The van der Waals surface area contributed by atoms with Crippen LogP contribution in [-0.4, -0.2) is 29.4 Å². The molecule has 134 valence electrons. The summed E-state index contributed by atoms with van der Waals surface area (Å²) in [6.45, 7) is 0.265. The zero-order valence-electron chi connectivity index (χ0n) is 13.4. The summed E-state index contributed by atoms with van der Waals surface area (Å²) in [6, 6.07) is 6.42. The first-order valence-corrected chi connectivity index (χ1v) is 9.24. The van der Waals surface area contributed by atoms with Crippen LogP contribution in [0.3, 0.4) is 0 Å². The summed E-state index contributed by atoms with van der Waals surface area (Å²) in [4.78, 5) is 3.94. The second-order valence-corrected chi connectivity index (χ2v) is 7.78. The molecule has 0 saturated carbocycles. The Morgan fingerprint density at radius 3 is 2.73 bits per heavy atom. The average Bonchev–Trinajstić information content (AvgIpc) is 3.08.